The summed E-state index contributed by atoms with van der Waals surface area (Å²) in [6.45, 7) is 6.19. The van der Waals surface area contributed by atoms with Gasteiger partial charge in [0.15, 0.2) is 0 Å². The van der Waals surface area contributed by atoms with Crippen molar-refractivity contribution in [2.75, 3.05) is 7.11 Å². The Hall–Kier alpha value is -0.860. The summed E-state index contributed by atoms with van der Waals surface area (Å²) in [5, 5.41) is 3.60. The smallest absolute Gasteiger partial charge is 0.0713 e. The van der Waals surface area contributed by atoms with Crippen LogP contribution >= 0.6 is 0 Å². The van der Waals surface area contributed by atoms with E-state index in [1.807, 2.05) is 0 Å². The van der Waals surface area contributed by atoms with Crippen molar-refractivity contribution in [3.05, 3.63) is 35.4 Å². The predicted molar refractivity (Wildman–Crippen MR) is 82.2 cm³/mol. The average Bonchev–Trinajstić information content (AvgIpc) is 2.42. The Morgan fingerprint density at radius 1 is 1.16 bits per heavy atom. The molecule has 2 nitrogen and oxygen atoms in total. The van der Waals surface area contributed by atoms with Crippen molar-refractivity contribution in [3.8, 4) is 0 Å². The van der Waals surface area contributed by atoms with Crippen LogP contribution in [0.2, 0.25) is 0 Å². The highest BCUT2D eigenvalue weighted by Crippen LogP contribution is 2.08. The Balaban J connectivity index is 2.25. The van der Waals surface area contributed by atoms with Crippen molar-refractivity contribution in [2.24, 2.45) is 0 Å². The fraction of sp³-hybridized carbons (Fsp3) is 0.647. The first-order valence-corrected chi connectivity index (χ1v) is 7.56. The minimum Gasteiger partial charge on any atom is -0.380 e. The van der Waals surface area contributed by atoms with Gasteiger partial charge in [-0.3, -0.25) is 0 Å². The number of nitrogens with one attached hydrogen (secondary N) is 1. The standard InChI is InChI=1S/C17H29NO/c1-4-5-6-7-9-15(2)18-13-16-10-8-11-17(12-16)14-19-3/h8,10-12,15,18H,4-7,9,13-14H2,1-3H3. The van der Waals surface area contributed by atoms with E-state index in [1.54, 1.807) is 7.11 Å². The number of benzene rings is 1. The van der Waals surface area contributed by atoms with E-state index in [4.69, 9.17) is 4.74 Å². The molecule has 2 heteroatoms. The van der Waals surface area contributed by atoms with E-state index < -0.39 is 0 Å². The fourth-order valence-corrected chi connectivity index (χ4v) is 2.27. The van der Waals surface area contributed by atoms with Crippen molar-refractivity contribution < 1.29 is 4.74 Å². The third-order valence-corrected chi connectivity index (χ3v) is 3.45. The second-order valence-corrected chi connectivity index (χ2v) is 5.38. The Morgan fingerprint density at radius 3 is 2.68 bits per heavy atom. The number of unbranched alkanes of at least 4 members (excludes halogenated alkanes) is 3. The van der Waals surface area contributed by atoms with Crippen LogP contribution in [0, 0.1) is 0 Å². The molecule has 108 valence electrons. The third-order valence-electron chi connectivity index (χ3n) is 3.45. The lowest BCUT2D eigenvalue weighted by atomic mass is 10.1. The highest BCUT2D eigenvalue weighted by molar-refractivity contribution is 5.22. The van der Waals surface area contributed by atoms with Gasteiger partial charge in [-0.15, -0.1) is 0 Å². The van der Waals surface area contributed by atoms with Crippen LogP contribution in [0.3, 0.4) is 0 Å². The van der Waals surface area contributed by atoms with Crippen LogP contribution in [0.4, 0.5) is 0 Å². The zero-order valence-corrected chi connectivity index (χ0v) is 12.7. The van der Waals surface area contributed by atoms with Crippen molar-refractivity contribution in [3.63, 3.8) is 0 Å². The normalized spacial score (nSPS) is 12.6. The van der Waals surface area contributed by atoms with Crippen LogP contribution in [-0.2, 0) is 17.9 Å². The van der Waals surface area contributed by atoms with Crippen LogP contribution in [0.25, 0.3) is 0 Å². The first-order valence-electron chi connectivity index (χ1n) is 7.56. The lowest BCUT2D eigenvalue weighted by molar-refractivity contribution is 0.185. The fourth-order valence-electron chi connectivity index (χ4n) is 2.27. The monoisotopic (exact) mass is 263 g/mol. The summed E-state index contributed by atoms with van der Waals surface area (Å²) in [7, 11) is 1.74. The second kappa shape index (κ2) is 9.99. The van der Waals surface area contributed by atoms with Crippen molar-refractivity contribution in [2.45, 2.75) is 65.1 Å². The molecule has 0 spiro atoms. The maximum Gasteiger partial charge on any atom is 0.0713 e. The first-order chi connectivity index (χ1) is 9.26. The summed E-state index contributed by atoms with van der Waals surface area (Å²) in [5.74, 6) is 0. The van der Waals surface area contributed by atoms with E-state index in [9.17, 15) is 0 Å². The zero-order chi connectivity index (χ0) is 13.9. The van der Waals surface area contributed by atoms with Crippen molar-refractivity contribution in [1.82, 2.24) is 5.32 Å². The van der Waals surface area contributed by atoms with Crippen LogP contribution in [-0.4, -0.2) is 13.2 Å². The maximum absolute atomic E-state index is 5.16. The van der Waals surface area contributed by atoms with Gasteiger partial charge >= 0.3 is 0 Å². The van der Waals surface area contributed by atoms with Gasteiger partial charge in [0, 0.05) is 19.7 Å². The quantitative estimate of drug-likeness (QED) is 0.636. The Labute approximate surface area is 118 Å². The Kier molecular flexibility index (Phi) is 8.52. The predicted octanol–water partition coefficient (Wildman–Crippen LogP) is 4.28. The van der Waals surface area contributed by atoms with E-state index in [0.717, 1.165) is 6.54 Å². The molecule has 0 aliphatic heterocycles. The van der Waals surface area contributed by atoms with Gasteiger partial charge in [-0.2, -0.15) is 0 Å². The van der Waals surface area contributed by atoms with Gasteiger partial charge in [-0.05, 0) is 24.5 Å². The van der Waals surface area contributed by atoms with Gasteiger partial charge in [0.05, 0.1) is 6.61 Å². The highest BCUT2D eigenvalue weighted by Gasteiger charge is 2.02. The number of methoxy groups -OCH3 is 1. The number of rotatable bonds is 10. The highest BCUT2D eigenvalue weighted by atomic mass is 16.5. The largest absolute Gasteiger partial charge is 0.380 e. The van der Waals surface area contributed by atoms with Gasteiger partial charge in [0.25, 0.3) is 0 Å². The molecule has 0 saturated heterocycles. The molecule has 0 bridgehead atoms. The Morgan fingerprint density at radius 2 is 1.95 bits per heavy atom. The molecule has 1 rings (SSSR count). The van der Waals surface area contributed by atoms with Crippen molar-refractivity contribution in [1.29, 1.82) is 0 Å². The van der Waals surface area contributed by atoms with E-state index in [1.165, 1.54) is 43.2 Å². The molecule has 0 aliphatic rings. The minimum atomic E-state index is 0.600. The van der Waals surface area contributed by atoms with E-state index in [0.29, 0.717) is 12.6 Å². The van der Waals surface area contributed by atoms with E-state index in [2.05, 4.69) is 43.4 Å². The molecule has 1 N–H and O–H groups in total. The SMILES string of the molecule is CCCCCCC(C)NCc1cccc(COC)c1. The lowest BCUT2D eigenvalue weighted by Crippen LogP contribution is -2.25. The molecule has 0 aromatic heterocycles. The zero-order valence-electron chi connectivity index (χ0n) is 12.7. The number of hydrogen-bond acceptors (Lipinski definition) is 2. The maximum atomic E-state index is 5.16. The summed E-state index contributed by atoms with van der Waals surface area (Å²) >= 11 is 0. The molecule has 1 unspecified atom stereocenters. The van der Waals surface area contributed by atoms with Crippen molar-refractivity contribution >= 4 is 0 Å². The molecule has 19 heavy (non-hydrogen) atoms. The van der Waals surface area contributed by atoms with Gasteiger partial charge in [0.1, 0.15) is 0 Å². The number of ether oxygens (including phenoxy) is 1. The molecular formula is C17H29NO. The summed E-state index contributed by atoms with van der Waals surface area (Å²) in [6.07, 6.45) is 6.66. The Bertz CT molecular complexity index is 338. The van der Waals surface area contributed by atoms with Crippen LogP contribution in [0.5, 0.6) is 0 Å². The van der Waals surface area contributed by atoms with Crippen LogP contribution in [0.1, 0.15) is 57.1 Å². The minimum absolute atomic E-state index is 0.600. The molecule has 0 heterocycles. The summed E-state index contributed by atoms with van der Waals surface area (Å²) in [4.78, 5) is 0. The van der Waals surface area contributed by atoms with Gasteiger partial charge in [-0.1, -0.05) is 56.9 Å². The molecule has 0 radical (unpaired) electrons. The molecule has 0 fully saturated rings. The molecule has 0 amide bonds. The van der Waals surface area contributed by atoms with E-state index >= 15 is 0 Å². The molecule has 0 saturated carbocycles. The molecule has 1 aromatic carbocycles. The molecule has 1 aromatic rings. The summed E-state index contributed by atoms with van der Waals surface area (Å²) in [6, 6.07) is 9.22. The summed E-state index contributed by atoms with van der Waals surface area (Å²) in [5.41, 5.74) is 2.59. The van der Waals surface area contributed by atoms with Crippen LogP contribution < -0.4 is 5.32 Å². The number of hydrogen-bond donors (Lipinski definition) is 1. The van der Waals surface area contributed by atoms with Gasteiger partial charge < -0.3 is 10.1 Å². The van der Waals surface area contributed by atoms with Gasteiger partial charge in [-0.25, -0.2) is 0 Å². The van der Waals surface area contributed by atoms with E-state index in [-0.39, 0.29) is 0 Å². The van der Waals surface area contributed by atoms with Gasteiger partial charge in [0.2, 0.25) is 0 Å². The molecule has 0 aliphatic carbocycles. The topological polar surface area (TPSA) is 21.3 Å². The molecular weight excluding hydrogens is 234 g/mol. The lowest BCUT2D eigenvalue weighted by Gasteiger charge is -2.14. The second-order valence-electron chi connectivity index (χ2n) is 5.38. The third kappa shape index (κ3) is 7.34. The first kappa shape index (κ1) is 16.2. The average molecular weight is 263 g/mol. The molecule has 1 atom stereocenters. The van der Waals surface area contributed by atoms with Crippen LogP contribution in [0.15, 0.2) is 24.3 Å². The summed E-state index contributed by atoms with van der Waals surface area (Å²) < 4.78 is 5.16.